The monoisotopic (exact) mass is 350 g/mol. The van der Waals surface area contributed by atoms with E-state index < -0.39 is 17.7 Å². The van der Waals surface area contributed by atoms with Gasteiger partial charge in [0.25, 0.3) is 0 Å². The first kappa shape index (κ1) is 16.5. The molecule has 0 aliphatic rings. The van der Waals surface area contributed by atoms with E-state index in [0.29, 0.717) is 0 Å². The first-order valence-electron chi connectivity index (χ1n) is 5.76. The second-order valence-electron chi connectivity index (χ2n) is 4.19. The van der Waals surface area contributed by atoms with Gasteiger partial charge in [-0.2, -0.15) is 13.2 Å². The van der Waals surface area contributed by atoms with Crippen molar-refractivity contribution in [3.8, 4) is 11.5 Å². The Morgan fingerprint density at radius 1 is 1.05 bits per heavy atom. The van der Waals surface area contributed by atoms with Crippen molar-refractivity contribution in [3.05, 3.63) is 57.6 Å². The number of halogens is 5. The molecule has 0 spiro atoms. The minimum Gasteiger partial charge on any atom is -0.478 e. The van der Waals surface area contributed by atoms with Crippen molar-refractivity contribution in [2.45, 2.75) is 6.18 Å². The zero-order chi connectivity index (χ0) is 16.5. The SMILES string of the molecule is O=C(O)c1cc(Oc2ccc(C(F)(F)F)cc2Cl)ccc1Cl. The lowest BCUT2D eigenvalue weighted by molar-refractivity contribution is -0.137. The molecule has 2 aromatic carbocycles. The Morgan fingerprint density at radius 3 is 2.27 bits per heavy atom. The Kier molecular flexibility index (Phi) is 4.53. The van der Waals surface area contributed by atoms with Crippen molar-refractivity contribution < 1.29 is 27.8 Å². The molecule has 0 atom stereocenters. The average molecular weight is 351 g/mol. The highest BCUT2D eigenvalue weighted by atomic mass is 35.5. The van der Waals surface area contributed by atoms with Crippen LogP contribution in [0.1, 0.15) is 15.9 Å². The second kappa shape index (κ2) is 6.06. The van der Waals surface area contributed by atoms with Gasteiger partial charge in [-0.15, -0.1) is 0 Å². The largest absolute Gasteiger partial charge is 0.478 e. The number of aromatic carboxylic acids is 1. The van der Waals surface area contributed by atoms with Crippen LogP contribution >= 0.6 is 23.2 Å². The van der Waals surface area contributed by atoms with Crippen molar-refractivity contribution in [2.75, 3.05) is 0 Å². The summed E-state index contributed by atoms with van der Waals surface area (Å²) in [5.41, 5.74) is -1.10. The molecule has 0 aromatic heterocycles. The second-order valence-corrected chi connectivity index (χ2v) is 5.01. The third-order valence-electron chi connectivity index (χ3n) is 2.66. The summed E-state index contributed by atoms with van der Waals surface area (Å²) in [6, 6.07) is 6.43. The van der Waals surface area contributed by atoms with Gasteiger partial charge in [-0.25, -0.2) is 4.79 Å². The van der Waals surface area contributed by atoms with Crippen LogP contribution in [0.3, 0.4) is 0 Å². The Bertz CT molecular complexity index is 730. The number of rotatable bonds is 3. The highest BCUT2D eigenvalue weighted by molar-refractivity contribution is 6.33. The number of hydrogen-bond donors (Lipinski definition) is 1. The van der Waals surface area contributed by atoms with E-state index in [0.717, 1.165) is 24.3 Å². The fourth-order valence-corrected chi connectivity index (χ4v) is 2.04. The highest BCUT2D eigenvalue weighted by Gasteiger charge is 2.31. The molecule has 0 saturated heterocycles. The van der Waals surface area contributed by atoms with Crippen LogP contribution in [0.15, 0.2) is 36.4 Å². The summed E-state index contributed by atoms with van der Waals surface area (Å²) < 4.78 is 42.9. The molecule has 8 heteroatoms. The molecule has 0 aliphatic carbocycles. The number of benzene rings is 2. The summed E-state index contributed by atoms with van der Waals surface area (Å²) in [5.74, 6) is -1.20. The van der Waals surface area contributed by atoms with E-state index in [-0.39, 0.29) is 27.1 Å². The average Bonchev–Trinajstić information content (AvgIpc) is 2.41. The van der Waals surface area contributed by atoms with E-state index >= 15 is 0 Å². The van der Waals surface area contributed by atoms with Crippen molar-refractivity contribution in [1.82, 2.24) is 0 Å². The van der Waals surface area contributed by atoms with Crippen LogP contribution in [-0.4, -0.2) is 11.1 Å². The van der Waals surface area contributed by atoms with Crippen LogP contribution in [0.25, 0.3) is 0 Å². The summed E-state index contributed by atoms with van der Waals surface area (Å²) in [7, 11) is 0. The normalized spacial score (nSPS) is 11.3. The molecular weight excluding hydrogens is 344 g/mol. The van der Waals surface area contributed by atoms with Gasteiger partial charge in [0.15, 0.2) is 0 Å². The van der Waals surface area contributed by atoms with Crippen molar-refractivity contribution in [3.63, 3.8) is 0 Å². The predicted octanol–water partition coefficient (Wildman–Crippen LogP) is 5.50. The topological polar surface area (TPSA) is 46.5 Å². The molecule has 0 fully saturated rings. The van der Waals surface area contributed by atoms with Gasteiger partial charge in [0, 0.05) is 0 Å². The minimum atomic E-state index is -4.51. The molecule has 22 heavy (non-hydrogen) atoms. The first-order valence-corrected chi connectivity index (χ1v) is 6.51. The number of carboxylic acid groups (broad SMARTS) is 1. The van der Waals surface area contributed by atoms with Crippen LogP contribution < -0.4 is 4.74 Å². The maximum atomic E-state index is 12.5. The first-order chi connectivity index (χ1) is 10.2. The smallest absolute Gasteiger partial charge is 0.416 e. The highest BCUT2D eigenvalue weighted by Crippen LogP contribution is 2.36. The molecule has 0 aliphatic heterocycles. The predicted molar refractivity (Wildman–Crippen MR) is 74.9 cm³/mol. The van der Waals surface area contributed by atoms with E-state index in [9.17, 15) is 18.0 Å². The third-order valence-corrected chi connectivity index (χ3v) is 3.28. The molecule has 0 heterocycles. The van der Waals surface area contributed by atoms with Crippen LogP contribution in [0.4, 0.5) is 13.2 Å². The zero-order valence-electron chi connectivity index (χ0n) is 10.6. The Labute approximate surface area is 132 Å². The molecule has 2 rings (SSSR count). The third kappa shape index (κ3) is 3.64. The molecular formula is C14H7Cl2F3O3. The maximum Gasteiger partial charge on any atom is 0.416 e. The Morgan fingerprint density at radius 2 is 1.73 bits per heavy atom. The van der Waals surface area contributed by atoms with Gasteiger partial charge >= 0.3 is 12.1 Å². The number of ether oxygens (including phenoxy) is 1. The molecule has 1 N–H and O–H groups in total. The van der Waals surface area contributed by atoms with Crippen LogP contribution in [0, 0.1) is 0 Å². The van der Waals surface area contributed by atoms with E-state index in [1.165, 1.54) is 12.1 Å². The molecule has 0 amide bonds. The summed E-state index contributed by atoms with van der Waals surface area (Å²) in [6.45, 7) is 0. The van der Waals surface area contributed by atoms with Gasteiger partial charge in [-0.1, -0.05) is 23.2 Å². The van der Waals surface area contributed by atoms with Crippen molar-refractivity contribution in [1.29, 1.82) is 0 Å². The van der Waals surface area contributed by atoms with Crippen LogP contribution in [0.2, 0.25) is 10.0 Å². The number of hydrogen-bond acceptors (Lipinski definition) is 2. The van der Waals surface area contributed by atoms with Crippen molar-refractivity contribution in [2.24, 2.45) is 0 Å². The molecule has 3 nitrogen and oxygen atoms in total. The van der Waals surface area contributed by atoms with Crippen LogP contribution in [-0.2, 0) is 6.18 Å². The minimum absolute atomic E-state index is 0.0124. The van der Waals surface area contributed by atoms with E-state index in [1.807, 2.05) is 0 Å². The summed E-state index contributed by atoms with van der Waals surface area (Å²) in [5, 5.41) is 8.71. The lowest BCUT2D eigenvalue weighted by Crippen LogP contribution is -2.04. The lowest BCUT2D eigenvalue weighted by Gasteiger charge is -2.11. The van der Waals surface area contributed by atoms with Gasteiger partial charge in [0.1, 0.15) is 11.5 Å². The van der Waals surface area contributed by atoms with Crippen molar-refractivity contribution >= 4 is 29.2 Å². The fraction of sp³-hybridized carbons (Fsp3) is 0.0714. The van der Waals surface area contributed by atoms with Gasteiger partial charge in [0.05, 0.1) is 21.2 Å². The molecule has 0 saturated carbocycles. The van der Waals surface area contributed by atoms with Gasteiger partial charge in [0.2, 0.25) is 0 Å². The number of carbonyl (C=O) groups is 1. The van der Waals surface area contributed by atoms with Crippen LogP contribution in [0.5, 0.6) is 11.5 Å². The molecule has 0 radical (unpaired) electrons. The maximum absolute atomic E-state index is 12.5. The quantitative estimate of drug-likeness (QED) is 0.794. The Balaban J connectivity index is 2.32. The molecule has 116 valence electrons. The Hall–Kier alpha value is -1.92. The van der Waals surface area contributed by atoms with E-state index in [4.69, 9.17) is 33.0 Å². The summed E-state index contributed by atoms with van der Waals surface area (Å²) in [4.78, 5) is 11.0. The fourth-order valence-electron chi connectivity index (χ4n) is 1.62. The molecule has 2 aromatic rings. The molecule has 0 bridgehead atoms. The number of carboxylic acids is 1. The zero-order valence-corrected chi connectivity index (χ0v) is 12.1. The molecule has 0 unspecified atom stereocenters. The van der Waals surface area contributed by atoms with Gasteiger partial charge in [-0.05, 0) is 36.4 Å². The van der Waals surface area contributed by atoms with E-state index in [2.05, 4.69) is 0 Å². The van der Waals surface area contributed by atoms with E-state index in [1.54, 1.807) is 0 Å². The van der Waals surface area contributed by atoms with Gasteiger partial charge < -0.3 is 9.84 Å². The lowest BCUT2D eigenvalue weighted by atomic mass is 10.2. The van der Waals surface area contributed by atoms with Gasteiger partial charge in [-0.3, -0.25) is 0 Å². The summed E-state index contributed by atoms with van der Waals surface area (Å²) in [6.07, 6.45) is -4.51. The summed E-state index contributed by atoms with van der Waals surface area (Å²) >= 11 is 11.5. The standard InChI is InChI=1S/C14H7Cl2F3O3/c15-10-3-2-8(6-9(10)13(20)21)22-12-4-1-7(5-11(12)16)14(17,18)19/h1-6H,(H,20,21). The number of alkyl halides is 3.